The summed E-state index contributed by atoms with van der Waals surface area (Å²) in [6, 6.07) is 5.79. The fourth-order valence-electron chi connectivity index (χ4n) is 1.67. The van der Waals surface area contributed by atoms with E-state index in [1.54, 1.807) is 6.92 Å². The molecular weight excluding hydrogens is 264 g/mol. The number of nitro groups is 1. The predicted octanol–water partition coefficient (Wildman–Crippen LogP) is 1.11. The summed E-state index contributed by atoms with van der Waals surface area (Å²) in [5.74, 6) is 0.996. The third-order valence-corrected chi connectivity index (χ3v) is 2.68. The summed E-state index contributed by atoms with van der Waals surface area (Å²) in [5, 5.41) is 27.2. The van der Waals surface area contributed by atoms with Gasteiger partial charge in [-0.3, -0.25) is 10.1 Å². The summed E-state index contributed by atoms with van der Waals surface area (Å²) < 4.78 is 4.81. The number of nitrogens with zero attached hydrogens (tertiary/aromatic N) is 3. The average molecular weight is 278 g/mol. The Morgan fingerprint density at radius 2 is 2.15 bits per heavy atom. The fourth-order valence-corrected chi connectivity index (χ4v) is 1.67. The molecular formula is C12H14N4O4. The van der Waals surface area contributed by atoms with Crippen LogP contribution in [0.3, 0.4) is 0 Å². The lowest BCUT2D eigenvalue weighted by molar-refractivity contribution is -0.384. The second kappa shape index (κ2) is 6.22. The largest absolute Gasteiger partial charge is 0.387 e. The van der Waals surface area contributed by atoms with Crippen LogP contribution in [0.5, 0.6) is 0 Å². The van der Waals surface area contributed by atoms with Gasteiger partial charge in [-0.15, -0.1) is 0 Å². The highest BCUT2D eigenvalue weighted by atomic mass is 16.6. The van der Waals surface area contributed by atoms with Gasteiger partial charge >= 0.3 is 0 Å². The van der Waals surface area contributed by atoms with Crippen molar-refractivity contribution in [1.82, 2.24) is 15.5 Å². The molecule has 0 aliphatic rings. The van der Waals surface area contributed by atoms with E-state index in [1.165, 1.54) is 24.3 Å². The highest BCUT2D eigenvalue weighted by Gasteiger charge is 2.10. The first kappa shape index (κ1) is 14.1. The second-order valence-electron chi connectivity index (χ2n) is 4.22. The SMILES string of the molecule is Cc1nc(CNCC(O)c2ccc([N+](=O)[O-])cc2)no1. The summed E-state index contributed by atoms with van der Waals surface area (Å²) in [7, 11) is 0. The zero-order valence-electron chi connectivity index (χ0n) is 10.8. The average Bonchev–Trinajstić information content (AvgIpc) is 2.84. The summed E-state index contributed by atoms with van der Waals surface area (Å²) >= 11 is 0. The standard InChI is InChI=1S/C12H14N4O4/c1-8-14-12(15-20-8)7-13-6-11(17)9-2-4-10(5-3-9)16(18)19/h2-5,11,13,17H,6-7H2,1H3. The summed E-state index contributed by atoms with van der Waals surface area (Å²) in [6.07, 6.45) is -0.760. The van der Waals surface area contributed by atoms with Crippen LogP contribution in [0.15, 0.2) is 28.8 Å². The van der Waals surface area contributed by atoms with Crippen LogP contribution < -0.4 is 5.32 Å². The maximum absolute atomic E-state index is 10.5. The Labute approximate surface area is 114 Å². The maximum Gasteiger partial charge on any atom is 0.269 e. The monoisotopic (exact) mass is 278 g/mol. The molecule has 8 nitrogen and oxygen atoms in total. The van der Waals surface area contributed by atoms with Crippen molar-refractivity contribution in [3.05, 3.63) is 51.7 Å². The number of nitrogens with one attached hydrogen (secondary N) is 1. The van der Waals surface area contributed by atoms with Crippen molar-refractivity contribution < 1.29 is 14.6 Å². The molecule has 0 fully saturated rings. The van der Waals surface area contributed by atoms with Gasteiger partial charge in [0.15, 0.2) is 5.82 Å². The third kappa shape index (κ3) is 3.59. The summed E-state index contributed by atoms with van der Waals surface area (Å²) in [5.41, 5.74) is 0.601. The minimum absolute atomic E-state index is 0.00354. The molecule has 0 radical (unpaired) electrons. The molecule has 0 aliphatic carbocycles. The van der Waals surface area contributed by atoms with Gasteiger partial charge in [-0.2, -0.15) is 4.98 Å². The van der Waals surface area contributed by atoms with Crippen molar-refractivity contribution >= 4 is 5.69 Å². The lowest BCUT2D eigenvalue weighted by Gasteiger charge is -2.10. The van der Waals surface area contributed by atoms with E-state index in [9.17, 15) is 15.2 Å². The molecule has 0 saturated carbocycles. The number of aliphatic hydroxyl groups excluding tert-OH is 1. The molecule has 1 heterocycles. The lowest BCUT2D eigenvalue weighted by Crippen LogP contribution is -2.21. The molecule has 8 heteroatoms. The van der Waals surface area contributed by atoms with Crippen LogP contribution in [0.25, 0.3) is 0 Å². The van der Waals surface area contributed by atoms with Crippen LogP contribution in [0.2, 0.25) is 0 Å². The fraction of sp³-hybridized carbons (Fsp3) is 0.333. The zero-order valence-corrected chi connectivity index (χ0v) is 10.8. The summed E-state index contributed by atoms with van der Waals surface area (Å²) in [6.45, 7) is 2.36. The Bertz CT molecular complexity index is 581. The van der Waals surface area contributed by atoms with Crippen molar-refractivity contribution in [3.8, 4) is 0 Å². The van der Waals surface area contributed by atoms with E-state index < -0.39 is 11.0 Å². The van der Waals surface area contributed by atoms with Gasteiger partial charge in [0.05, 0.1) is 17.6 Å². The molecule has 1 aromatic carbocycles. The molecule has 0 saturated heterocycles. The van der Waals surface area contributed by atoms with Crippen LogP contribution in [-0.4, -0.2) is 26.7 Å². The highest BCUT2D eigenvalue weighted by Crippen LogP contribution is 2.17. The minimum Gasteiger partial charge on any atom is -0.387 e. The Balaban J connectivity index is 1.85. The van der Waals surface area contributed by atoms with Gasteiger partial charge in [0.2, 0.25) is 5.89 Å². The van der Waals surface area contributed by atoms with Gasteiger partial charge in [0, 0.05) is 25.6 Å². The number of nitro benzene ring substituents is 1. The van der Waals surface area contributed by atoms with E-state index in [-0.39, 0.29) is 12.2 Å². The van der Waals surface area contributed by atoms with Crippen LogP contribution in [0.4, 0.5) is 5.69 Å². The first-order chi connectivity index (χ1) is 9.56. The first-order valence-corrected chi connectivity index (χ1v) is 5.98. The number of non-ortho nitro benzene ring substituents is 1. The molecule has 0 bridgehead atoms. The van der Waals surface area contributed by atoms with Crippen molar-refractivity contribution in [2.75, 3.05) is 6.54 Å². The molecule has 20 heavy (non-hydrogen) atoms. The van der Waals surface area contributed by atoms with Gasteiger partial charge in [-0.05, 0) is 17.7 Å². The molecule has 0 amide bonds. The smallest absolute Gasteiger partial charge is 0.269 e. The maximum atomic E-state index is 10.5. The summed E-state index contributed by atoms with van der Waals surface area (Å²) in [4.78, 5) is 14.1. The number of hydrogen-bond donors (Lipinski definition) is 2. The number of aromatic nitrogens is 2. The Morgan fingerprint density at radius 3 is 2.70 bits per heavy atom. The quantitative estimate of drug-likeness (QED) is 0.600. The topological polar surface area (TPSA) is 114 Å². The molecule has 1 atom stereocenters. The number of benzene rings is 1. The molecule has 2 N–H and O–H groups in total. The van der Waals surface area contributed by atoms with Gasteiger partial charge < -0.3 is 14.9 Å². The van der Waals surface area contributed by atoms with Gasteiger partial charge in [0.25, 0.3) is 5.69 Å². The van der Waals surface area contributed by atoms with Crippen LogP contribution >= 0.6 is 0 Å². The van der Waals surface area contributed by atoms with Gasteiger partial charge in [0.1, 0.15) is 0 Å². The van der Waals surface area contributed by atoms with E-state index in [0.29, 0.717) is 23.8 Å². The van der Waals surface area contributed by atoms with E-state index in [1.807, 2.05) is 0 Å². The normalized spacial score (nSPS) is 12.3. The van der Waals surface area contributed by atoms with E-state index >= 15 is 0 Å². The third-order valence-electron chi connectivity index (χ3n) is 2.68. The molecule has 106 valence electrons. The van der Waals surface area contributed by atoms with Crippen molar-refractivity contribution in [3.63, 3.8) is 0 Å². The highest BCUT2D eigenvalue weighted by molar-refractivity contribution is 5.33. The van der Waals surface area contributed by atoms with E-state index in [0.717, 1.165) is 0 Å². The lowest BCUT2D eigenvalue weighted by atomic mass is 10.1. The molecule has 1 unspecified atom stereocenters. The van der Waals surface area contributed by atoms with Crippen LogP contribution in [-0.2, 0) is 6.54 Å². The zero-order chi connectivity index (χ0) is 14.5. The van der Waals surface area contributed by atoms with Crippen molar-refractivity contribution in [2.45, 2.75) is 19.6 Å². The second-order valence-corrected chi connectivity index (χ2v) is 4.22. The first-order valence-electron chi connectivity index (χ1n) is 5.98. The van der Waals surface area contributed by atoms with E-state index in [2.05, 4.69) is 15.5 Å². The van der Waals surface area contributed by atoms with Crippen LogP contribution in [0.1, 0.15) is 23.4 Å². The van der Waals surface area contributed by atoms with Crippen molar-refractivity contribution in [2.24, 2.45) is 0 Å². The van der Waals surface area contributed by atoms with Crippen molar-refractivity contribution in [1.29, 1.82) is 0 Å². The number of rotatable bonds is 6. The Morgan fingerprint density at radius 1 is 1.45 bits per heavy atom. The van der Waals surface area contributed by atoms with Crippen LogP contribution in [0, 0.1) is 17.0 Å². The predicted molar refractivity (Wildman–Crippen MR) is 68.8 cm³/mol. The van der Waals surface area contributed by atoms with Gasteiger partial charge in [-0.25, -0.2) is 0 Å². The molecule has 2 rings (SSSR count). The number of hydrogen-bond acceptors (Lipinski definition) is 7. The molecule has 0 aliphatic heterocycles. The molecule has 2 aromatic rings. The number of aliphatic hydroxyl groups is 1. The van der Waals surface area contributed by atoms with E-state index in [4.69, 9.17) is 4.52 Å². The molecule has 1 aromatic heterocycles. The minimum atomic E-state index is -0.760. The van der Waals surface area contributed by atoms with Gasteiger partial charge in [-0.1, -0.05) is 5.16 Å². The molecule has 0 spiro atoms. The Kier molecular flexibility index (Phi) is 4.38. The Hall–Kier alpha value is -2.32. The number of aryl methyl sites for hydroxylation is 1.